The maximum absolute atomic E-state index is 10.8. The minimum Gasteiger partial charge on any atom is -0.481 e. The molecule has 4 atom stereocenters. The van der Waals surface area contributed by atoms with Gasteiger partial charge in [0, 0.05) is 6.42 Å². The highest BCUT2D eigenvalue weighted by Gasteiger charge is 2.51. The number of carbonyl (C=O) groups is 1. The lowest BCUT2D eigenvalue weighted by atomic mass is 10.0. The van der Waals surface area contributed by atoms with E-state index in [-0.39, 0.29) is 30.8 Å². The number of rotatable bonds is 6. The lowest BCUT2D eigenvalue weighted by molar-refractivity contribution is -0.144. The Morgan fingerprint density at radius 3 is 2.85 bits per heavy atom. The van der Waals surface area contributed by atoms with Crippen molar-refractivity contribution in [2.75, 3.05) is 6.61 Å². The van der Waals surface area contributed by atoms with Gasteiger partial charge in [0.15, 0.2) is 0 Å². The summed E-state index contributed by atoms with van der Waals surface area (Å²) in [6.45, 7) is 1.01. The third kappa shape index (κ3) is 3.36. The van der Waals surface area contributed by atoms with Gasteiger partial charge in [0.1, 0.15) is 6.10 Å². The van der Waals surface area contributed by atoms with Crippen LogP contribution in [-0.4, -0.2) is 42.1 Å². The fourth-order valence-electron chi connectivity index (χ4n) is 2.64. The molecule has 0 spiro atoms. The van der Waals surface area contributed by atoms with Crippen LogP contribution in [0.25, 0.3) is 0 Å². The second kappa shape index (κ2) is 5.91. The van der Waals surface area contributed by atoms with Crippen LogP contribution < -0.4 is 0 Å². The van der Waals surface area contributed by atoms with Gasteiger partial charge in [0.05, 0.1) is 37.9 Å². The molecule has 2 aliphatic heterocycles. The molecule has 3 rings (SSSR count). The summed E-state index contributed by atoms with van der Waals surface area (Å²) in [7, 11) is 0. The minimum atomic E-state index is -0.852. The van der Waals surface area contributed by atoms with E-state index in [1.54, 1.807) is 0 Å². The predicted octanol–water partition coefficient (Wildman–Crippen LogP) is 1.60. The van der Waals surface area contributed by atoms with Crippen LogP contribution in [0.2, 0.25) is 0 Å². The Morgan fingerprint density at radius 2 is 2.10 bits per heavy atom. The molecule has 2 fully saturated rings. The Kier molecular flexibility index (Phi) is 4.00. The van der Waals surface area contributed by atoms with Crippen molar-refractivity contribution >= 4 is 5.97 Å². The van der Waals surface area contributed by atoms with Crippen LogP contribution in [-0.2, 0) is 25.6 Å². The molecular formula is C15H18O5. The van der Waals surface area contributed by atoms with Crippen LogP contribution in [0.3, 0.4) is 0 Å². The molecule has 20 heavy (non-hydrogen) atoms. The van der Waals surface area contributed by atoms with E-state index < -0.39 is 5.97 Å². The fourth-order valence-corrected chi connectivity index (χ4v) is 2.64. The molecule has 1 aromatic carbocycles. The number of fused-ring (bicyclic) bond motifs is 1. The average molecular weight is 278 g/mol. The highest BCUT2D eigenvalue weighted by molar-refractivity contribution is 5.67. The zero-order chi connectivity index (χ0) is 13.9. The summed E-state index contributed by atoms with van der Waals surface area (Å²) < 4.78 is 16.9. The van der Waals surface area contributed by atoms with Crippen LogP contribution in [0, 0.1) is 0 Å². The summed E-state index contributed by atoms with van der Waals surface area (Å²) >= 11 is 0. The Labute approximate surface area is 117 Å². The second-order valence-electron chi connectivity index (χ2n) is 5.27. The summed E-state index contributed by atoms with van der Waals surface area (Å²) in [6, 6.07) is 9.93. The molecule has 0 aliphatic carbocycles. The Balaban J connectivity index is 1.45. The van der Waals surface area contributed by atoms with Crippen LogP contribution in [0.15, 0.2) is 30.3 Å². The van der Waals surface area contributed by atoms with Gasteiger partial charge in [-0.1, -0.05) is 30.3 Å². The number of benzene rings is 1. The van der Waals surface area contributed by atoms with Crippen molar-refractivity contribution in [1.82, 2.24) is 0 Å². The van der Waals surface area contributed by atoms with Crippen molar-refractivity contribution in [2.45, 2.75) is 43.9 Å². The van der Waals surface area contributed by atoms with Gasteiger partial charge in [-0.3, -0.25) is 4.79 Å². The first-order valence-corrected chi connectivity index (χ1v) is 6.87. The van der Waals surface area contributed by atoms with Gasteiger partial charge in [-0.05, 0) is 5.56 Å². The van der Waals surface area contributed by atoms with Gasteiger partial charge in [-0.2, -0.15) is 0 Å². The van der Waals surface area contributed by atoms with E-state index >= 15 is 0 Å². The van der Waals surface area contributed by atoms with Crippen LogP contribution >= 0.6 is 0 Å². The van der Waals surface area contributed by atoms with E-state index in [9.17, 15) is 4.79 Å². The molecule has 0 saturated carbocycles. The Hall–Kier alpha value is -1.43. The van der Waals surface area contributed by atoms with E-state index in [1.807, 2.05) is 30.3 Å². The van der Waals surface area contributed by atoms with E-state index in [4.69, 9.17) is 19.3 Å². The molecule has 2 saturated heterocycles. The quantitative estimate of drug-likeness (QED) is 0.801. The molecule has 0 unspecified atom stereocenters. The monoisotopic (exact) mass is 278 g/mol. The lowest BCUT2D eigenvalue weighted by Crippen LogP contribution is -2.37. The molecule has 108 valence electrons. The largest absolute Gasteiger partial charge is 0.481 e. The second-order valence-corrected chi connectivity index (χ2v) is 5.27. The lowest BCUT2D eigenvalue weighted by Gasteiger charge is -2.26. The SMILES string of the molecule is O=C(O)C[C@@H]1O[C@@H](COCc2ccccc2)C[C@@H]2O[C@H]12. The standard InChI is InChI=1S/C15H18O5/c16-14(17)7-13-15-12(20-15)6-11(19-13)9-18-8-10-4-2-1-3-5-10/h1-5,11-13,15H,6-9H2,(H,16,17)/t11-,12+,13+,15+/m1/s1. The third-order valence-corrected chi connectivity index (χ3v) is 3.64. The fraction of sp³-hybridized carbons (Fsp3) is 0.533. The van der Waals surface area contributed by atoms with Gasteiger partial charge in [0.25, 0.3) is 0 Å². The normalized spacial score (nSPS) is 31.6. The van der Waals surface area contributed by atoms with E-state index in [0.717, 1.165) is 12.0 Å². The minimum absolute atomic E-state index is 0.00362. The molecule has 5 nitrogen and oxygen atoms in total. The molecule has 0 aromatic heterocycles. The maximum Gasteiger partial charge on any atom is 0.306 e. The smallest absolute Gasteiger partial charge is 0.306 e. The predicted molar refractivity (Wildman–Crippen MR) is 70.3 cm³/mol. The third-order valence-electron chi connectivity index (χ3n) is 3.64. The first-order chi connectivity index (χ1) is 9.72. The van der Waals surface area contributed by atoms with E-state index in [1.165, 1.54) is 0 Å². The number of hydrogen-bond donors (Lipinski definition) is 1. The van der Waals surface area contributed by atoms with Crippen molar-refractivity contribution in [1.29, 1.82) is 0 Å². The number of hydrogen-bond acceptors (Lipinski definition) is 4. The van der Waals surface area contributed by atoms with E-state index in [0.29, 0.717) is 13.2 Å². The van der Waals surface area contributed by atoms with Crippen molar-refractivity contribution in [3.05, 3.63) is 35.9 Å². The van der Waals surface area contributed by atoms with Gasteiger partial charge < -0.3 is 19.3 Å². The molecular weight excluding hydrogens is 260 g/mol. The summed E-state index contributed by atoms with van der Waals surface area (Å²) in [4.78, 5) is 10.8. The molecule has 2 aliphatic rings. The average Bonchev–Trinajstić information content (AvgIpc) is 3.19. The van der Waals surface area contributed by atoms with Crippen molar-refractivity contribution < 1.29 is 24.1 Å². The number of aliphatic carboxylic acids is 1. The van der Waals surface area contributed by atoms with Crippen molar-refractivity contribution in [2.24, 2.45) is 0 Å². The molecule has 0 amide bonds. The zero-order valence-electron chi connectivity index (χ0n) is 11.1. The molecule has 0 bridgehead atoms. The van der Waals surface area contributed by atoms with Gasteiger partial charge >= 0.3 is 5.97 Å². The van der Waals surface area contributed by atoms with Crippen molar-refractivity contribution in [3.63, 3.8) is 0 Å². The molecule has 5 heteroatoms. The maximum atomic E-state index is 10.8. The zero-order valence-corrected chi connectivity index (χ0v) is 11.1. The topological polar surface area (TPSA) is 68.3 Å². The van der Waals surface area contributed by atoms with Gasteiger partial charge in [-0.15, -0.1) is 0 Å². The Bertz CT molecular complexity index is 461. The summed E-state index contributed by atoms with van der Waals surface area (Å²) in [5.41, 5.74) is 1.12. The Morgan fingerprint density at radius 1 is 1.30 bits per heavy atom. The number of carboxylic acid groups (broad SMARTS) is 1. The highest BCUT2D eigenvalue weighted by atomic mass is 16.6. The summed E-state index contributed by atoms with van der Waals surface area (Å²) in [5.74, 6) is -0.852. The number of ether oxygens (including phenoxy) is 3. The number of epoxide rings is 1. The first-order valence-electron chi connectivity index (χ1n) is 6.87. The van der Waals surface area contributed by atoms with E-state index in [2.05, 4.69) is 0 Å². The molecule has 1 N–H and O–H groups in total. The summed E-state index contributed by atoms with van der Waals surface area (Å²) in [6.07, 6.45) is 0.490. The summed E-state index contributed by atoms with van der Waals surface area (Å²) in [5, 5.41) is 8.85. The van der Waals surface area contributed by atoms with Crippen molar-refractivity contribution in [3.8, 4) is 0 Å². The van der Waals surface area contributed by atoms with Crippen LogP contribution in [0.4, 0.5) is 0 Å². The first kappa shape index (κ1) is 13.5. The van der Waals surface area contributed by atoms with Gasteiger partial charge in [0.2, 0.25) is 0 Å². The highest BCUT2D eigenvalue weighted by Crippen LogP contribution is 2.38. The molecule has 1 aromatic rings. The molecule has 2 heterocycles. The van der Waals surface area contributed by atoms with Crippen LogP contribution in [0.5, 0.6) is 0 Å². The van der Waals surface area contributed by atoms with Crippen LogP contribution in [0.1, 0.15) is 18.4 Å². The number of carboxylic acids is 1. The molecule has 0 radical (unpaired) electrons. The van der Waals surface area contributed by atoms with Gasteiger partial charge in [-0.25, -0.2) is 0 Å².